The highest BCUT2D eigenvalue weighted by Crippen LogP contribution is 2.34. The first-order valence-electron chi connectivity index (χ1n) is 7.18. The summed E-state index contributed by atoms with van der Waals surface area (Å²) in [6.45, 7) is 1.58. The van der Waals surface area contributed by atoms with Crippen LogP contribution in [0.25, 0.3) is 11.3 Å². The molecule has 1 aliphatic heterocycles. The molecule has 3 rings (SSSR count). The lowest BCUT2D eigenvalue weighted by atomic mass is 9.99. The molecule has 0 saturated carbocycles. The zero-order valence-corrected chi connectivity index (χ0v) is 13.6. The van der Waals surface area contributed by atoms with Crippen molar-refractivity contribution in [3.05, 3.63) is 40.6 Å². The standard InChI is InChI=1S/C16H18BrN3O/c1-18-16-13(17)14(11-5-3-2-4-6-11)19-15(20-16)12-7-9-21-10-8-12/h2-6,12H,7-10H2,1H3,(H,18,19,20). The van der Waals surface area contributed by atoms with Crippen molar-refractivity contribution < 1.29 is 4.74 Å². The summed E-state index contributed by atoms with van der Waals surface area (Å²) >= 11 is 3.62. The molecule has 0 bridgehead atoms. The van der Waals surface area contributed by atoms with Crippen LogP contribution in [0.2, 0.25) is 0 Å². The zero-order valence-electron chi connectivity index (χ0n) is 12.0. The fraction of sp³-hybridized carbons (Fsp3) is 0.375. The highest BCUT2D eigenvalue weighted by atomic mass is 79.9. The first-order chi connectivity index (χ1) is 10.3. The van der Waals surface area contributed by atoms with Gasteiger partial charge in [0, 0.05) is 31.7 Å². The third kappa shape index (κ3) is 3.09. The van der Waals surface area contributed by atoms with Gasteiger partial charge in [0.1, 0.15) is 11.6 Å². The van der Waals surface area contributed by atoms with Crippen molar-refractivity contribution in [2.75, 3.05) is 25.6 Å². The van der Waals surface area contributed by atoms with Gasteiger partial charge in [-0.3, -0.25) is 0 Å². The number of hydrogen-bond acceptors (Lipinski definition) is 4. The summed E-state index contributed by atoms with van der Waals surface area (Å²) in [7, 11) is 1.88. The van der Waals surface area contributed by atoms with E-state index in [9.17, 15) is 0 Å². The molecule has 0 radical (unpaired) electrons. The summed E-state index contributed by atoms with van der Waals surface area (Å²) in [6.07, 6.45) is 1.97. The predicted molar refractivity (Wildman–Crippen MR) is 87.5 cm³/mol. The predicted octanol–water partition coefficient (Wildman–Crippen LogP) is 3.84. The van der Waals surface area contributed by atoms with Crippen LogP contribution in [-0.2, 0) is 4.74 Å². The molecule has 1 aromatic heterocycles. The van der Waals surface area contributed by atoms with E-state index in [4.69, 9.17) is 9.72 Å². The average molecular weight is 348 g/mol. The number of anilines is 1. The molecule has 2 aromatic rings. The lowest BCUT2D eigenvalue weighted by Gasteiger charge is -2.22. The van der Waals surface area contributed by atoms with E-state index in [0.717, 1.165) is 53.4 Å². The van der Waals surface area contributed by atoms with Gasteiger partial charge in [0.05, 0.1) is 10.2 Å². The molecule has 110 valence electrons. The number of nitrogens with zero attached hydrogens (tertiary/aromatic N) is 2. The zero-order chi connectivity index (χ0) is 14.7. The molecule has 21 heavy (non-hydrogen) atoms. The van der Waals surface area contributed by atoms with E-state index in [0.29, 0.717) is 5.92 Å². The van der Waals surface area contributed by atoms with Crippen LogP contribution in [0, 0.1) is 0 Å². The molecule has 1 fully saturated rings. The van der Waals surface area contributed by atoms with Crippen molar-refractivity contribution in [1.82, 2.24) is 9.97 Å². The Morgan fingerprint density at radius 2 is 1.86 bits per heavy atom. The van der Waals surface area contributed by atoms with Gasteiger partial charge in [-0.1, -0.05) is 30.3 Å². The maximum absolute atomic E-state index is 5.44. The van der Waals surface area contributed by atoms with Crippen LogP contribution in [0.4, 0.5) is 5.82 Å². The van der Waals surface area contributed by atoms with Gasteiger partial charge < -0.3 is 10.1 Å². The second kappa shape index (κ2) is 6.54. The summed E-state index contributed by atoms with van der Waals surface area (Å²) in [5, 5.41) is 3.16. The molecule has 4 nitrogen and oxygen atoms in total. The first kappa shape index (κ1) is 14.5. The third-order valence-electron chi connectivity index (χ3n) is 3.74. The van der Waals surface area contributed by atoms with Gasteiger partial charge >= 0.3 is 0 Å². The van der Waals surface area contributed by atoms with Gasteiger partial charge in [-0.05, 0) is 28.8 Å². The Labute approximate surface area is 133 Å². The molecule has 1 aliphatic rings. The molecular formula is C16H18BrN3O. The van der Waals surface area contributed by atoms with E-state index >= 15 is 0 Å². The number of rotatable bonds is 3. The number of halogens is 1. The quantitative estimate of drug-likeness (QED) is 0.916. The van der Waals surface area contributed by atoms with Gasteiger partial charge in [-0.15, -0.1) is 0 Å². The number of ether oxygens (including phenoxy) is 1. The van der Waals surface area contributed by atoms with Crippen LogP contribution in [0.1, 0.15) is 24.6 Å². The van der Waals surface area contributed by atoms with Crippen LogP contribution in [0.5, 0.6) is 0 Å². The average Bonchev–Trinajstić information content (AvgIpc) is 2.56. The molecule has 1 N–H and O–H groups in total. The summed E-state index contributed by atoms with van der Waals surface area (Å²) in [4.78, 5) is 9.50. The van der Waals surface area contributed by atoms with Crippen molar-refractivity contribution in [3.8, 4) is 11.3 Å². The van der Waals surface area contributed by atoms with E-state index in [2.05, 4.69) is 38.4 Å². The molecule has 1 aromatic carbocycles. The minimum Gasteiger partial charge on any atom is -0.381 e. The van der Waals surface area contributed by atoms with E-state index < -0.39 is 0 Å². The molecule has 1 saturated heterocycles. The Kier molecular flexibility index (Phi) is 4.51. The first-order valence-corrected chi connectivity index (χ1v) is 7.97. The van der Waals surface area contributed by atoms with Crippen molar-refractivity contribution in [2.24, 2.45) is 0 Å². The largest absolute Gasteiger partial charge is 0.381 e. The number of hydrogen-bond donors (Lipinski definition) is 1. The van der Waals surface area contributed by atoms with Gasteiger partial charge in [0.2, 0.25) is 0 Å². The molecule has 0 unspecified atom stereocenters. The monoisotopic (exact) mass is 347 g/mol. The Morgan fingerprint density at radius 3 is 2.52 bits per heavy atom. The highest BCUT2D eigenvalue weighted by Gasteiger charge is 2.22. The molecule has 2 heterocycles. The van der Waals surface area contributed by atoms with E-state index in [1.165, 1.54) is 0 Å². The lowest BCUT2D eigenvalue weighted by Crippen LogP contribution is -2.17. The molecule has 0 aliphatic carbocycles. The smallest absolute Gasteiger partial charge is 0.144 e. The number of aromatic nitrogens is 2. The second-order valence-electron chi connectivity index (χ2n) is 5.10. The summed E-state index contributed by atoms with van der Waals surface area (Å²) in [6, 6.07) is 10.2. The van der Waals surface area contributed by atoms with Crippen LogP contribution in [0.3, 0.4) is 0 Å². The lowest BCUT2D eigenvalue weighted by molar-refractivity contribution is 0.0836. The molecule has 0 spiro atoms. The van der Waals surface area contributed by atoms with Crippen molar-refractivity contribution in [3.63, 3.8) is 0 Å². The van der Waals surface area contributed by atoms with Crippen LogP contribution >= 0.6 is 15.9 Å². The van der Waals surface area contributed by atoms with E-state index in [1.807, 2.05) is 25.2 Å². The SMILES string of the molecule is CNc1nc(C2CCOCC2)nc(-c2ccccc2)c1Br. The minimum absolute atomic E-state index is 0.376. The molecule has 5 heteroatoms. The fourth-order valence-electron chi connectivity index (χ4n) is 2.56. The van der Waals surface area contributed by atoms with E-state index in [1.54, 1.807) is 0 Å². The Bertz CT molecular complexity index is 612. The summed E-state index contributed by atoms with van der Waals surface area (Å²) in [5.41, 5.74) is 2.04. The summed E-state index contributed by atoms with van der Waals surface area (Å²) < 4.78 is 6.35. The van der Waals surface area contributed by atoms with Crippen LogP contribution < -0.4 is 5.32 Å². The van der Waals surface area contributed by atoms with E-state index in [-0.39, 0.29) is 0 Å². The van der Waals surface area contributed by atoms with Crippen LogP contribution in [0.15, 0.2) is 34.8 Å². The maximum Gasteiger partial charge on any atom is 0.144 e. The van der Waals surface area contributed by atoms with Crippen molar-refractivity contribution >= 4 is 21.7 Å². The summed E-state index contributed by atoms with van der Waals surface area (Å²) in [5.74, 6) is 2.12. The van der Waals surface area contributed by atoms with Crippen molar-refractivity contribution in [1.29, 1.82) is 0 Å². The number of benzene rings is 1. The normalized spacial score (nSPS) is 15.9. The van der Waals surface area contributed by atoms with Crippen molar-refractivity contribution in [2.45, 2.75) is 18.8 Å². The Hall–Kier alpha value is -1.46. The van der Waals surface area contributed by atoms with Gasteiger partial charge in [-0.2, -0.15) is 0 Å². The fourth-order valence-corrected chi connectivity index (χ4v) is 3.16. The maximum atomic E-state index is 5.44. The molecule has 0 amide bonds. The van der Waals surface area contributed by atoms with Crippen LogP contribution in [-0.4, -0.2) is 30.2 Å². The molecular weight excluding hydrogens is 330 g/mol. The Balaban J connectivity index is 2.06. The number of nitrogens with one attached hydrogen (secondary N) is 1. The van der Waals surface area contributed by atoms with Gasteiger partial charge in [0.15, 0.2) is 0 Å². The second-order valence-corrected chi connectivity index (χ2v) is 5.89. The Morgan fingerprint density at radius 1 is 1.14 bits per heavy atom. The van der Waals surface area contributed by atoms with Gasteiger partial charge in [-0.25, -0.2) is 9.97 Å². The topological polar surface area (TPSA) is 47.0 Å². The van der Waals surface area contributed by atoms with Gasteiger partial charge in [0.25, 0.3) is 0 Å². The minimum atomic E-state index is 0.376. The highest BCUT2D eigenvalue weighted by molar-refractivity contribution is 9.10. The third-order valence-corrected chi connectivity index (χ3v) is 4.49. The molecule has 0 atom stereocenters.